The summed E-state index contributed by atoms with van der Waals surface area (Å²) < 4.78 is 5.59. The highest BCUT2D eigenvalue weighted by Crippen LogP contribution is 2.33. The van der Waals surface area contributed by atoms with Gasteiger partial charge in [-0.2, -0.15) is 0 Å². The van der Waals surface area contributed by atoms with Crippen molar-refractivity contribution >= 4 is 11.6 Å². The van der Waals surface area contributed by atoms with E-state index in [9.17, 15) is 14.7 Å². The molecule has 1 N–H and O–H groups in total. The van der Waals surface area contributed by atoms with Crippen molar-refractivity contribution in [2.75, 3.05) is 6.61 Å². The van der Waals surface area contributed by atoms with Crippen molar-refractivity contribution in [3.8, 4) is 5.75 Å². The second-order valence-corrected chi connectivity index (χ2v) is 4.58. The van der Waals surface area contributed by atoms with Gasteiger partial charge in [0.2, 0.25) is 0 Å². The van der Waals surface area contributed by atoms with E-state index in [0.717, 1.165) is 0 Å². The molecular formula is C13H14O4. The molecule has 2 rings (SSSR count). The van der Waals surface area contributed by atoms with Crippen molar-refractivity contribution in [3.63, 3.8) is 0 Å². The van der Waals surface area contributed by atoms with E-state index in [2.05, 4.69) is 0 Å². The standard InChI is InChI=1S/C13H14O4/c1-8(15)9-3-4-12-10(5-9)11(16)6-13(2,7-14)17-12/h3-5,14H,6-7H2,1-2H3. The Morgan fingerprint density at radius 3 is 2.82 bits per heavy atom. The summed E-state index contributed by atoms with van der Waals surface area (Å²) in [6, 6.07) is 4.78. The lowest BCUT2D eigenvalue weighted by molar-refractivity contribution is 0.0109. The van der Waals surface area contributed by atoms with Gasteiger partial charge in [0.1, 0.15) is 11.4 Å². The van der Waals surface area contributed by atoms with Crippen LogP contribution in [0.4, 0.5) is 0 Å². The molecule has 0 radical (unpaired) electrons. The van der Waals surface area contributed by atoms with E-state index in [0.29, 0.717) is 16.9 Å². The van der Waals surface area contributed by atoms with Gasteiger partial charge in [-0.3, -0.25) is 9.59 Å². The fourth-order valence-corrected chi connectivity index (χ4v) is 1.88. The number of benzene rings is 1. The summed E-state index contributed by atoms with van der Waals surface area (Å²) in [6.07, 6.45) is 0.123. The zero-order valence-electron chi connectivity index (χ0n) is 9.82. The first-order valence-electron chi connectivity index (χ1n) is 5.43. The van der Waals surface area contributed by atoms with Crippen molar-refractivity contribution in [2.45, 2.75) is 25.9 Å². The van der Waals surface area contributed by atoms with Crippen molar-refractivity contribution in [3.05, 3.63) is 29.3 Å². The Morgan fingerprint density at radius 1 is 1.53 bits per heavy atom. The molecule has 0 spiro atoms. The Balaban J connectivity index is 2.45. The topological polar surface area (TPSA) is 63.6 Å². The molecule has 0 bridgehead atoms. The van der Waals surface area contributed by atoms with Crippen LogP contribution < -0.4 is 4.74 Å². The number of aliphatic hydroxyl groups is 1. The monoisotopic (exact) mass is 234 g/mol. The van der Waals surface area contributed by atoms with Crippen LogP contribution in [0.2, 0.25) is 0 Å². The van der Waals surface area contributed by atoms with Crippen molar-refractivity contribution < 1.29 is 19.4 Å². The van der Waals surface area contributed by atoms with E-state index in [4.69, 9.17) is 4.74 Å². The smallest absolute Gasteiger partial charge is 0.170 e. The van der Waals surface area contributed by atoms with E-state index < -0.39 is 5.60 Å². The number of aliphatic hydroxyl groups excluding tert-OH is 1. The number of rotatable bonds is 2. The van der Waals surface area contributed by atoms with Crippen LogP contribution in [0, 0.1) is 0 Å². The van der Waals surface area contributed by atoms with E-state index in [1.807, 2.05) is 0 Å². The first kappa shape index (κ1) is 11.8. The van der Waals surface area contributed by atoms with Crippen molar-refractivity contribution in [1.82, 2.24) is 0 Å². The predicted molar refractivity (Wildman–Crippen MR) is 61.5 cm³/mol. The Hall–Kier alpha value is -1.68. The Labute approximate surface area is 99.2 Å². The highest BCUT2D eigenvalue weighted by molar-refractivity contribution is 6.03. The van der Waals surface area contributed by atoms with Gasteiger partial charge in [0.25, 0.3) is 0 Å². The Kier molecular flexibility index (Phi) is 2.75. The van der Waals surface area contributed by atoms with Crippen LogP contribution in [0.5, 0.6) is 5.75 Å². The maximum Gasteiger partial charge on any atom is 0.170 e. The molecule has 0 saturated heterocycles. The summed E-state index contributed by atoms with van der Waals surface area (Å²) in [7, 11) is 0. The molecule has 1 unspecified atom stereocenters. The minimum atomic E-state index is -0.859. The zero-order chi connectivity index (χ0) is 12.6. The van der Waals surface area contributed by atoms with Gasteiger partial charge >= 0.3 is 0 Å². The largest absolute Gasteiger partial charge is 0.484 e. The van der Waals surface area contributed by atoms with Crippen LogP contribution >= 0.6 is 0 Å². The number of hydrogen-bond donors (Lipinski definition) is 1. The maximum absolute atomic E-state index is 11.9. The lowest BCUT2D eigenvalue weighted by atomic mass is 9.91. The number of Topliss-reactive ketones (excluding diaryl/α,β-unsaturated/α-hetero) is 2. The summed E-state index contributed by atoms with van der Waals surface area (Å²) in [5.74, 6) is 0.241. The second kappa shape index (κ2) is 3.96. The predicted octanol–water partition coefficient (Wildman–Crippen LogP) is 1.61. The first-order valence-corrected chi connectivity index (χ1v) is 5.43. The molecule has 1 aliphatic heterocycles. The molecule has 1 aromatic carbocycles. The third-order valence-electron chi connectivity index (χ3n) is 2.91. The van der Waals surface area contributed by atoms with Crippen molar-refractivity contribution in [1.29, 1.82) is 0 Å². The molecule has 0 fully saturated rings. The quantitative estimate of drug-likeness (QED) is 0.789. The fraction of sp³-hybridized carbons (Fsp3) is 0.385. The number of carbonyl (C=O) groups is 2. The molecule has 1 aliphatic rings. The van der Waals surface area contributed by atoms with Gasteiger partial charge < -0.3 is 9.84 Å². The third kappa shape index (κ3) is 2.08. The van der Waals surface area contributed by atoms with Gasteiger partial charge in [0.15, 0.2) is 11.6 Å². The molecule has 4 heteroatoms. The third-order valence-corrected chi connectivity index (χ3v) is 2.91. The molecule has 0 saturated carbocycles. The van der Waals surface area contributed by atoms with Gasteiger partial charge in [0.05, 0.1) is 18.6 Å². The molecular weight excluding hydrogens is 220 g/mol. The number of hydrogen-bond acceptors (Lipinski definition) is 4. The van der Waals surface area contributed by atoms with Gasteiger partial charge in [-0.25, -0.2) is 0 Å². The van der Waals surface area contributed by atoms with Crippen LogP contribution in [-0.2, 0) is 0 Å². The lowest BCUT2D eigenvalue weighted by Crippen LogP contribution is -2.42. The van der Waals surface area contributed by atoms with Crippen LogP contribution in [-0.4, -0.2) is 28.9 Å². The van der Waals surface area contributed by atoms with Gasteiger partial charge in [-0.15, -0.1) is 0 Å². The summed E-state index contributed by atoms with van der Waals surface area (Å²) in [6.45, 7) is 2.92. The van der Waals surface area contributed by atoms with E-state index in [1.54, 1.807) is 25.1 Å². The molecule has 90 valence electrons. The van der Waals surface area contributed by atoms with E-state index in [-0.39, 0.29) is 24.6 Å². The Morgan fingerprint density at radius 2 is 2.24 bits per heavy atom. The maximum atomic E-state index is 11.9. The van der Waals surface area contributed by atoms with Crippen LogP contribution in [0.25, 0.3) is 0 Å². The SMILES string of the molecule is CC(=O)c1ccc2c(c1)C(=O)CC(C)(CO)O2. The molecule has 0 aromatic heterocycles. The number of ether oxygens (including phenoxy) is 1. The molecule has 1 heterocycles. The fourth-order valence-electron chi connectivity index (χ4n) is 1.88. The summed E-state index contributed by atoms with van der Waals surface area (Å²) in [4.78, 5) is 23.2. The molecule has 1 atom stereocenters. The highest BCUT2D eigenvalue weighted by Gasteiger charge is 2.36. The minimum Gasteiger partial charge on any atom is -0.484 e. The average molecular weight is 234 g/mol. The van der Waals surface area contributed by atoms with Crippen LogP contribution in [0.3, 0.4) is 0 Å². The molecule has 0 aliphatic carbocycles. The Bertz CT molecular complexity index is 492. The molecule has 0 amide bonds. The van der Waals surface area contributed by atoms with Gasteiger partial charge in [-0.1, -0.05) is 0 Å². The molecule has 1 aromatic rings. The first-order chi connectivity index (χ1) is 7.95. The summed E-state index contributed by atoms with van der Waals surface area (Å²) >= 11 is 0. The van der Waals surface area contributed by atoms with Gasteiger partial charge in [-0.05, 0) is 32.0 Å². The minimum absolute atomic E-state index is 0.0870. The molecule has 17 heavy (non-hydrogen) atoms. The average Bonchev–Trinajstić information content (AvgIpc) is 2.28. The number of carbonyl (C=O) groups excluding carboxylic acids is 2. The lowest BCUT2D eigenvalue weighted by Gasteiger charge is -2.33. The number of fused-ring (bicyclic) bond motifs is 1. The van der Waals surface area contributed by atoms with E-state index >= 15 is 0 Å². The van der Waals surface area contributed by atoms with Crippen LogP contribution in [0.15, 0.2) is 18.2 Å². The summed E-state index contributed by atoms with van der Waals surface area (Å²) in [5.41, 5.74) is 0.0545. The van der Waals surface area contributed by atoms with Crippen LogP contribution in [0.1, 0.15) is 41.0 Å². The zero-order valence-corrected chi connectivity index (χ0v) is 9.82. The normalized spacial score (nSPS) is 22.9. The van der Waals surface area contributed by atoms with Gasteiger partial charge in [0, 0.05) is 5.56 Å². The second-order valence-electron chi connectivity index (χ2n) is 4.58. The molecule has 4 nitrogen and oxygen atoms in total. The van der Waals surface area contributed by atoms with E-state index in [1.165, 1.54) is 6.92 Å². The number of ketones is 2. The highest BCUT2D eigenvalue weighted by atomic mass is 16.5. The summed E-state index contributed by atoms with van der Waals surface area (Å²) in [5, 5.41) is 9.21. The van der Waals surface area contributed by atoms with Crippen molar-refractivity contribution in [2.24, 2.45) is 0 Å².